The molecular weight excluding hydrogens is 362 g/mol. The van der Waals surface area contributed by atoms with Crippen molar-refractivity contribution in [1.82, 2.24) is 4.98 Å². The minimum Gasteiger partial charge on any atom is -0.449 e. The first-order valence-corrected chi connectivity index (χ1v) is 9.87. The molecule has 0 saturated carbocycles. The number of thiazole rings is 1. The van der Waals surface area contributed by atoms with Crippen molar-refractivity contribution in [1.29, 1.82) is 0 Å². The minimum atomic E-state index is -0.510. The highest BCUT2D eigenvalue weighted by molar-refractivity contribution is 7.13. The van der Waals surface area contributed by atoms with E-state index in [9.17, 15) is 9.59 Å². The van der Waals surface area contributed by atoms with Crippen molar-refractivity contribution in [2.24, 2.45) is 11.8 Å². The second kappa shape index (κ2) is 9.50. The minimum absolute atomic E-state index is 0.195. The summed E-state index contributed by atoms with van der Waals surface area (Å²) in [6.07, 6.45) is 0.347. The zero-order valence-corrected chi connectivity index (χ0v) is 17.3. The van der Waals surface area contributed by atoms with Gasteiger partial charge in [-0.25, -0.2) is 9.78 Å². The third kappa shape index (κ3) is 6.67. The Morgan fingerprint density at radius 1 is 1.11 bits per heavy atom. The van der Waals surface area contributed by atoms with Crippen LogP contribution in [0.4, 0.5) is 16.2 Å². The molecule has 2 rings (SSSR count). The molecule has 1 heterocycles. The van der Waals surface area contributed by atoms with Crippen molar-refractivity contribution >= 4 is 34.7 Å². The van der Waals surface area contributed by atoms with Gasteiger partial charge in [0.05, 0.1) is 17.3 Å². The van der Waals surface area contributed by atoms with Crippen LogP contribution >= 0.6 is 11.3 Å². The van der Waals surface area contributed by atoms with E-state index in [4.69, 9.17) is 4.74 Å². The van der Waals surface area contributed by atoms with Crippen LogP contribution in [-0.2, 0) is 11.2 Å². The molecule has 0 spiro atoms. The molecule has 1 aromatic carbocycles. The SMILES string of the molecule is Cc1nc(CC(C)C)sc1C(=O)Nc1cccc(NC(=O)OCC(C)C)c1. The number of aryl methyl sites for hydroxylation is 1. The molecule has 2 N–H and O–H groups in total. The van der Waals surface area contributed by atoms with Crippen molar-refractivity contribution in [3.8, 4) is 0 Å². The number of carbonyl (C=O) groups is 2. The summed E-state index contributed by atoms with van der Waals surface area (Å²) in [5.74, 6) is 0.564. The smallest absolute Gasteiger partial charge is 0.411 e. The molecule has 27 heavy (non-hydrogen) atoms. The standard InChI is InChI=1S/C20H27N3O3S/c1-12(2)9-17-21-14(5)18(27-17)19(24)22-15-7-6-8-16(10-15)23-20(25)26-11-13(3)4/h6-8,10,12-13H,9,11H2,1-5H3,(H,22,24)(H,23,25). The molecule has 2 amide bonds. The van der Waals surface area contributed by atoms with Gasteiger partial charge in [0, 0.05) is 17.8 Å². The lowest BCUT2D eigenvalue weighted by Crippen LogP contribution is -2.17. The van der Waals surface area contributed by atoms with Crippen molar-refractivity contribution in [3.05, 3.63) is 39.8 Å². The normalized spacial score (nSPS) is 10.9. The summed E-state index contributed by atoms with van der Waals surface area (Å²) < 4.78 is 5.10. The molecule has 1 aromatic heterocycles. The first-order chi connectivity index (χ1) is 12.7. The lowest BCUT2D eigenvalue weighted by atomic mass is 10.1. The maximum absolute atomic E-state index is 12.6. The fourth-order valence-electron chi connectivity index (χ4n) is 2.36. The lowest BCUT2D eigenvalue weighted by molar-refractivity contribution is 0.102. The zero-order valence-electron chi connectivity index (χ0n) is 16.5. The predicted octanol–water partition coefficient (Wildman–Crippen LogP) is 5.11. The molecule has 0 aliphatic rings. The van der Waals surface area contributed by atoms with Gasteiger partial charge in [0.25, 0.3) is 5.91 Å². The number of benzene rings is 1. The van der Waals surface area contributed by atoms with Gasteiger partial charge in [-0.05, 0) is 37.0 Å². The molecule has 7 heteroatoms. The van der Waals surface area contributed by atoms with E-state index in [-0.39, 0.29) is 11.8 Å². The highest BCUT2D eigenvalue weighted by Crippen LogP contribution is 2.23. The van der Waals surface area contributed by atoms with Crippen LogP contribution in [0.15, 0.2) is 24.3 Å². The van der Waals surface area contributed by atoms with Crippen LogP contribution in [-0.4, -0.2) is 23.6 Å². The van der Waals surface area contributed by atoms with Gasteiger partial charge in [0.1, 0.15) is 4.88 Å². The summed E-state index contributed by atoms with van der Waals surface area (Å²) in [6.45, 7) is 10.4. The van der Waals surface area contributed by atoms with Crippen molar-refractivity contribution in [3.63, 3.8) is 0 Å². The van der Waals surface area contributed by atoms with Crippen LogP contribution in [0.5, 0.6) is 0 Å². The number of hydrogen-bond acceptors (Lipinski definition) is 5. The summed E-state index contributed by atoms with van der Waals surface area (Å²) in [7, 11) is 0. The monoisotopic (exact) mass is 389 g/mol. The Kier molecular flexibility index (Phi) is 7.36. The number of anilines is 2. The molecule has 0 unspecified atom stereocenters. The number of rotatable bonds is 7. The van der Waals surface area contributed by atoms with E-state index in [2.05, 4.69) is 29.5 Å². The maximum atomic E-state index is 12.6. The molecule has 0 saturated heterocycles. The summed E-state index contributed by atoms with van der Waals surface area (Å²) in [5.41, 5.74) is 1.89. The predicted molar refractivity (Wildman–Crippen MR) is 110 cm³/mol. The molecule has 0 aliphatic carbocycles. The van der Waals surface area contributed by atoms with Crippen LogP contribution in [0.2, 0.25) is 0 Å². The molecule has 0 radical (unpaired) electrons. The quantitative estimate of drug-likeness (QED) is 0.690. The van der Waals surface area contributed by atoms with Gasteiger partial charge in [0.15, 0.2) is 0 Å². The number of nitrogens with one attached hydrogen (secondary N) is 2. The fourth-order valence-corrected chi connectivity index (χ4v) is 3.53. The Labute approximate surface area is 164 Å². The van der Waals surface area contributed by atoms with Gasteiger partial charge in [0.2, 0.25) is 0 Å². The maximum Gasteiger partial charge on any atom is 0.411 e. The highest BCUT2D eigenvalue weighted by atomic mass is 32.1. The first kappa shape index (κ1) is 20.9. The van der Waals surface area contributed by atoms with Gasteiger partial charge >= 0.3 is 6.09 Å². The van der Waals surface area contributed by atoms with E-state index in [0.717, 1.165) is 17.1 Å². The number of nitrogens with zero attached hydrogens (tertiary/aromatic N) is 1. The van der Waals surface area contributed by atoms with E-state index >= 15 is 0 Å². The highest BCUT2D eigenvalue weighted by Gasteiger charge is 2.16. The van der Waals surface area contributed by atoms with E-state index in [1.807, 2.05) is 20.8 Å². The van der Waals surface area contributed by atoms with Gasteiger partial charge in [-0.1, -0.05) is 33.8 Å². The molecule has 0 fully saturated rings. The van der Waals surface area contributed by atoms with Gasteiger partial charge in [-0.15, -0.1) is 11.3 Å². The lowest BCUT2D eigenvalue weighted by Gasteiger charge is -2.10. The molecule has 0 atom stereocenters. The van der Waals surface area contributed by atoms with Crippen LogP contribution in [0.3, 0.4) is 0 Å². The van der Waals surface area contributed by atoms with Crippen LogP contribution in [0.25, 0.3) is 0 Å². The summed E-state index contributed by atoms with van der Waals surface area (Å²) in [4.78, 5) is 29.5. The second-order valence-electron chi connectivity index (χ2n) is 7.27. The Morgan fingerprint density at radius 2 is 1.78 bits per heavy atom. The fraction of sp³-hybridized carbons (Fsp3) is 0.450. The third-order valence-electron chi connectivity index (χ3n) is 3.54. The molecule has 146 valence electrons. The molecule has 0 aliphatic heterocycles. The molecule has 2 aromatic rings. The first-order valence-electron chi connectivity index (χ1n) is 9.06. The largest absolute Gasteiger partial charge is 0.449 e. The number of aromatic nitrogens is 1. The molecule has 0 bridgehead atoms. The van der Waals surface area contributed by atoms with Crippen LogP contribution < -0.4 is 10.6 Å². The summed E-state index contributed by atoms with van der Waals surface area (Å²) in [6, 6.07) is 6.97. The molecular formula is C20H27N3O3S. The van der Waals surface area contributed by atoms with Crippen molar-refractivity contribution < 1.29 is 14.3 Å². The van der Waals surface area contributed by atoms with Crippen molar-refractivity contribution in [2.45, 2.75) is 41.0 Å². The summed E-state index contributed by atoms with van der Waals surface area (Å²) in [5, 5.41) is 6.50. The van der Waals surface area contributed by atoms with Crippen LogP contribution in [0, 0.1) is 18.8 Å². The topological polar surface area (TPSA) is 80.3 Å². The Morgan fingerprint density at radius 3 is 2.41 bits per heavy atom. The number of ether oxygens (including phenoxy) is 1. The van der Waals surface area contributed by atoms with Gasteiger partial charge < -0.3 is 10.1 Å². The second-order valence-corrected chi connectivity index (χ2v) is 8.36. The van der Waals surface area contributed by atoms with E-state index in [1.165, 1.54) is 11.3 Å². The summed E-state index contributed by atoms with van der Waals surface area (Å²) >= 11 is 1.43. The van der Waals surface area contributed by atoms with Crippen molar-refractivity contribution in [2.75, 3.05) is 17.2 Å². The van der Waals surface area contributed by atoms with Gasteiger partial charge in [-0.3, -0.25) is 10.1 Å². The van der Waals surface area contributed by atoms with Crippen LogP contribution in [0.1, 0.15) is 48.1 Å². The Bertz CT molecular complexity index is 800. The number of hydrogen-bond donors (Lipinski definition) is 2. The van der Waals surface area contributed by atoms with Gasteiger partial charge in [-0.2, -0.15) is 0 Å². The number of amides is 2. The average Bonchev–Trinajstić information content (AvgIpc) is 2.93. The third-order valence-corrected chi connectivity index (χ3v) is 4.72. The van der Waals surface area contributed by atoms with E-state index in [0.29, 0.717) is 28.8 Å². The Hall–Kier alpha value is -2.41. The Balaban J connectivity index is 2.02. The zero-order chi connectivity index (χ0) is 20.0. The van der Waals surface area contributed by atoms with E-state index < -0.39 is 6.09 Å². The van der Waals surface area contributed by atoms with E-state index in [1.54, 1.807) is 24.3 Å². The number of carbonyl (C=O) groups excluding carboxylic acids is 2. The molecule has 6 nitrogen and oxygen atoms in total. The average molecular weight is 390 g/mol.